The molecule has 1 aromatic carbocycles. The van der Waals surface area contributed by atoms with E-state index in [1.807, 2.05) is 18.2 Å². The van der Waals surface area contributed by atoms with Crippen LogP contribution >= 0.6 is 23.2 Å². The maximum atomic E-state index is 6.27. The van der Waals surface area contributed by atoms with Crippen LogP contribution in [0.25, 0.3) is 0 Å². The van der Waals surface area contributed by atoms with Gasteiger partial charge in [0.1, 0.15) is 0 Å². The smallest absolute Gasteiger partial charge is 0.0468 e. The minimum Gasteiger partial charge on any atom is -0.307 e. The summed E-state index contributed by atoms with van der Waals surface area (Å²) in [5.41, 5.74) is 1.13. The van der Waals surface area contributed by atoms with Crippen molar-refractivity contribution < 1.29 is 0 Å². The van der Waals surface area contributed by atoms with Gasteiger partial charge in [-0.25, -0.2) is 0 Å². The highest BCUT2D eigenvalue weighted by atomic mass is 35.5. The van der Waals surface area contributed by atoms with E-state index in [9.17, 15) is 0 Å². The molecule has 106 valence electrons. The molecule has 1 fully saturated rings. The van der Waals surface area contributed by atoms with E-state index in [4.69, 9.17) is 23.2 Å². The van der Waals surface area contributed by atoms with Gasteiger partial charge in [-0.3, -0.25) is 0 Å². The average Bonchev–Trinajstić information content (AvgIpc) is 2.39. The first-order valence-corrected chi connectivity index (χ1v) is 8.04. The molecule has 0 bridgehead atoms. The SMILES string of the molecule is CC(N[C@H](C)C1CCCCC1)c1ccc(Cl)cc1Cl. The lowest BCUT2D eigenvalue weighted by molar-refractivity contribution is 0.268. The zero-order chi connectivity index (χ0) is 13.8. The predicted octanol–water partition coefficient (Wildman–Crippen LogP) is 5.61. The largest absolute Gasteiger partial charge is 0.307 e. The van der Waals surface area contributed by atoms with E-state index in [1.165, 1.54) is 32.1 Å². The van der Waals surface area contributed by atoms with Gasteiger partial charge < -0.3 is 5.32 Å². The summed E-state index contributed by atoms with van der Waals surface area (Å²) < 4.78 is 0. The molecule has 0 heterocycles. The highest BCUT2D eigenvalue weighted by Gasteiger charge is 2.22. The lowest BCUT2D eigenvalue weighted by Crippen LogP contribution is -2.36. The summed E-state index contributed by atoms with van der Waals surface area (Å²) in [5.74, 6) is 0.808. The molecular weight excluding hydrogens is 277 g/mol. The molecule has 19 heavy (non-hydrogen) atoms. The molecule has 3 heteroatoms. The van der Waals surface area contributed by atoms with E-state index in [2.05, 4.69) is 19.2 Å². The Morgan fingerprint density at radius 3 is 2.42 bits per heavy atom. The Bertz CT molecular complexity index is 413. The summed E-state index contributed by atoms with van der Waals surface area (Å²) in [7, 11) is 0. The molecule has 0 radical (unpaired) electrons. The van der Waals surface area contributed by atoms with Crippen molar-refractivity contribution in [2.24, 2.45) is 5.92 Å². The summed E-state index contributed by atoms with van der Waals surface area (Å²) in [6, 6.07) is 6.56. The normalized spacial score (nSPS) is 20.2. The van der Waals surface area contributed by atoms with Gasteiger partial charge in [-0.2, -0.15) is 0 Å². The van der Waals surface area contributed by atoms with Gasteiger partial charge in [-0.15, -0.1) is 0 Å². The van der Waals surface area contributed by atoms with Crippen LogP contribution in [0.1, 0.15) is 57.6 Å². The number of rotatable bonds is 4. The standard InChI is InChI=1S/C16H23Cl2N/c1-11(13-6-4-3-5-7-13)19-12(2)15-9-8-14(17)10-16(15)18/h8-13,19H,3-7H2,1-2H3/t11-,12?/m1/s1. The molecule has 2 rings (SSSR count). The lowest BCUT2D eigenvalue weighted by atomic mass is 9.84. The van der Waals surface area contributed by atoms with Crippen molar-refractivity contribution in [1.29, 1.82) is 0 Å². The molecule has 0 aliphatic heterocycles. The molecule has 0 saturated heterocycles. The van der Waals surface area contributed by atoms with E-state index in [0.717, 1.165) is 16.5 Å². The molecule has 1 aromatic rings. The first-order valence-electron chi connectivity index (χ1n) is 7.29. The van der Waals surface area contributed by atoms with Crippen molar-refractivity contribution in [3.63, 3.8) is 0 Å². The third-order valence-corrected chi connectivity index (χ3v) is 4.86. The molecule has 1 N–H and O–H groups in total. The number of halogens is 2. The van der Waals surface area contributed by atoms with Crippen LogP contribution in [0.3, 0.4) is 0 Å². The molecule has 0 spiro atoms. The quantitative estimate of drug-likeness (QED) is 0.761. The average molecular weight is 300 g/mol. The molecule has 1 aliphatic rings. The van der Waals surface area contributed by atoms with E-state index < -0.39 is 0 Å². The van der Waals surface area contributed by atoms with Gasteiger partial charge in [0.05, 0.1) is 0 Å². The molecular formula is C16H23Cl2N. The van der Waals surface area contributed by atoms with Crippen molar-refractivity contribution in [2.75, 3.05) is 0 Å². The van der Waals surface area contributed by atoms with Crippen LogP contribution in [-0.2, 0) is 0 Å². The highest BCUT2D eigenvalue weighted by Crippen LogP contribution is 2.30. The van der Waals surface area contributed by atoms with Crippen molar-refractivity contribution >= 4 is 23.2 Å². The first-order chi connectivity index (χ1) is 9.08. The zero-order valence-corrected chi connectivity index (χ0v) is 13.3. The fourth-order valence-corrected chi connectivity index (χ4v) is 3.68. The molecule has 0 amide bonds. The Balaban J connectivity index is 1.97. The fraction of sp³-hybridized carbons (Fsp3) is 0.625. The van der Waals surface area contributed by atoms with Crippen molar-refractivity contribution in [3.8, 4) is 0 Å². The molecule has 1 saturated carbocycles. The van der Waals surface area contributed by atoms with Crippen LogP contribution in [0, 0.1) is 5.92 Å². The number of nitrogens with one attached hydrogen (secondary N) is 1. The summed E-state index contributed by atoms with van der Waals surface area (Å²) in [5, 5.41) is 5.15. The summed E-state index contributed by atoms with van der Waals surface area (Å²) in [6.45, 7) is 4.48. The Hall–Kier alpha value is -0.240. The van der Waals surface area contributed by atoms with Crippen LogP contribution < -0.4 is 5.32 Å². The zero-order valence-electron chi connectivity index (χ0n) is 11.8. The number of benzene rings is 1. The third kappa shape index (κ3) is 4.11. The van der Waals surface area contributed by atoms with Gasteiger partial charge in [0.2, 0.25) is 0 Å². The maximum Gasteiger partial charge on any atom is 0.0468 e. The van der Waals surface area contributed by atoms with Crippen molar-refractivity contribution in [2.45, 2.75) is 58.0 Å². The molecule has 2 atom stereocenters. The van der Waals surface area contributed by atoms with Crippen LogP contribution in [-0.4, -0.2) is 6.04 Å². The Morgan fingerprint density at radius 2 is 1.79 bits per heavy atom. The fourth-order valence-electron chi connectivity index (χ4n) is 3.11. The van der Waals surface area contributed by atoms with Crippen LogP contribution in [0.4, 0.5) is 0 Å². The molecule has 1 aliphatic carbocycles. The summed E-state index contributed by atoms with van der Waals surface area (Å²) >= 11 is 12.2. The Morgan fingerprint density at radius 1 is 1.11 bits per heavy atom. The van der Waals surface area contributed by atoms with Crippen molar-refractivity contribution in [1.82, 2.24) is 5.32 Å². The molecule has 1 nitrogen and oxygen atoms in total. The van der Waals surface area contributed by atoms with Crippen LogP contribution in [0.2, 0.25) is 10.0 Å². The van der Waals surface area contributed by atoms with Crippen molar-refractivity contribution in [3.05, 3.63) is 33.8 Å². The van der Waals surface area contributed by atoms with Crippen LogP contribution in [0.15, 0.2) is 18.2 Å². The summed E-state index contributed by atoms with van der Waals surface area (Å²) in [4.78, 5) is 0. The van der Waals surface area contributed by atoms with Gasteiger partial charge in [-0.1, -0.05) is 48.5 Å². The third-order valence-electron chi connectivity index (χ3n) is 4.30. The maximum absolute atomic E-state index is 6.27. The molecule has 0 aromatic heterocycles. The van der Waals surface area contributed by atoms with Gasteiger partial charge in [0.15, 0.2) is 0 Å². The second-order valence-electron chi connectivity index (χ2n) is 5.74. The van der Waals surface area contributed by atoms with E-state index in [1.54, 1.807) is 0 Å². The predicted molar refractivity (Wildman–Crippen MR) is 84.0 cm³/mol. The monoisotopic (exact) mass is 299 g/mol. The summed E-state index contributed by atoms with van der Waals surface area (Å²) in [6.07, 6.45) is 6.88. The Labute approximate surface area is 126 Å². The first kappa shape index (κ1) is 15.2. The lowest BCUT2D eigenvalue weighted by Gasteiger charge is -2.31. The molecule has 1 unspecified atom stereocenters. The minimum atomic E-state index is 0.265. The second-order valence-corrected chi connectivity index (χ2v) is 6.58. The van der Waals surface area contributed by atoms with Gasteiger partial charge in [0, 0.05) is 22.1 Å². The Kier molecular flexibility index (Phi) is 5.56. The minimum absolute atomic E-state index is 0.265. The van der Waals surface area contributed by atoms with Gasteiger partial charge in [0.25, 0.3) is 0 Å². The van der Waals surface area contributed by atoms with E-state index in [-0.39, 0.29) is 6.04 Å². The number of hydrogen-bond acceptors (Lipinski definition) is 1. The number of hydrogen-bond donors (Lipinski definition) is 1. The van der Waals surface area contributed by atoms with E-state index >= 15 is 0 Å². The second kappa shape index (κ2) is 6.97. The highest BCUT2D eigenvalue weighted by molar-refractivity contribution is 6.35. The van der Waals surface area contributed by atoms with E-state index in [0.29, 0.717) is 11.1 Å². The topological polar surface area (TPSA) is 12.0 Å². The van der Waals surface area contributed by atoms with Crippen LogP contribution in [0.5, 0.6) is 0 Å². The van der Waals surface area contributed by atoms with Gasteiger partial charge >= 0.3 is 0 Å². The van der Waals surface area contributed by atoms with Gasteiger partial charge in [-0.05, 0) is 50.3 Å².